The number of aromatic nitrogens is 4. The maximum Gasteiger partial charge on any atom is 0.407 e. The lowest BCUT2D eigenvalue weighted by molar-refractivity contribution is -0.135. The van der Waals surface area contributed by atoms with E-state index in [-0.39, 0.29) is 37.5 Å². The van der Waals surface area contributed by atoms with E-state index in [0.717, 1.165) is 68.3 Å². The number of fused-ring (bicyclic) bond motifs is 6. The predicted octanol–water partition coefficient (Wildman–Crippen LogP) is 6.59. The third-order valence-corrected chi connectivity index (χ3v) is 11.0. The number of methoxy groups -OCH3 is 2. The Morgan fingerprint density at radius 2 is 1.73 bits per heavy atom. The van der Waals surface area contributed by atoms with Crippen molar-refractivity contribution in [2.24, 2.45) is 5.92 Å². The number of rotatable bonds is 13. The number of carbonyl (C=O) groups excluding carboxylic acids is 4. The highest BCUT2D eigenvalue weighted by Gasteiger charge is 2.43. The highest BCUT2D eigenvalue weighted by molar-refractivity contribution is 6.07. The number of benzene rings is 4. The van der Waals surface area contributed by atoms with E-state index in [1.807, 2.05) is 60.4 Å². The van der Waals surface area contributed by atoms with Crippen LogP contribution in [0.2, 0.25) is 0 Å². The Morgan fingerprint density at radius 1 is 0.932 bits per heavy atom. The van der Waals surface area contributed by atoms with Gasteiger partial charge in [0.25, 0.3) is 5.91 Å². The second kappa shape index (κ2) is 16.5. The standard InChI is InChI=1S/C44H46N8O7/c1-5-15-51(39(53)21-46-43(55)57-3)22-37-45-20-34(48-37)28-11-13-30-29(17-28)24-59-36-19-31-27(18-32(30)36)12-14-33-41(31)49-38(47-33)23-52(35-16-25(35)2)42(54)40(50-44(56)58-4)26-9-7-6-8-10-26/h6-14,17-20,25,35,40H,5,15-16,21-24H2,1-4H3,(H,45,48)(H,46,55)(H,47,49)(H,50,56)/t25-,35+,40+/m0/s1. The molecule has 1 aliphatic heterocycles. The van der Waals surface area contributed by atoms with Gasteiger partial charge in [-0.3, -0.25) is 9.59 Å². The highest BCUT2D eigenvalue weighted by atomic mass is 16.5. The Balaban J connectivity index is 1.02. The Labute approximate surface area is 340 Å². The quantitative estimate of drug-likeness (QED) is 0.100. The monoisotopic (exact) mass is 798 g/mol. The van der Waals surface area contributed by atoms with Crippen molar-refractivity contribution in [3.05, 3.63) is 102 Å². The summed E-state index contributed by atoms with van der Waals surface area (Å²) < 4.78 is 15.8. The molecule has 4 N–H and O–H groups in total. The zero-order chi connectivity index (χ0) is 41.2. The van der Waals surface area contributed by atoms with Crippen molar-refractivity contribution in [3.8, 4) is 28.1 Å². The predicted molar refractivity (Wildman–Crippen MR) is 220 cm³/mol. The second-order valence-corrected chi connectivity index (χ2v) is 15.0. The molecular weight excluding hydrogens is 753 g/mol. The van der Waals surface area contributed by atoms with E-state index in [9.17, 15) is 19.2 Å². The number of alkyl carbamates (subject to hydrolysis) is 2. The lowest BCUT2D eigenvalue weighted by atomic mass is 9.92. The molecule has 4 aromatic carbocycles. The van der Waals surface area contributed by atoms with Crippen molar-refractivity contribution >= 4 is 45.8 Å². The lowest BCUT2D eigenvalue weighted by Crippen LogP contribution is -2.44. The molecule has 0 bridgehead atoms. The SMILES string of the molecule is CCCN(Cc1ncc(-c2ccc3c(c2)COc2cc4c(ccc5[nH]c(CN(C(=O)[C@H](NC(=O)OC)c6ccccc6)[C@@H]6C[C@@H]6C)nc54)cc2-3)[nH]1)C(=O)CNC(=O)OC. The second-order valence-electron chi connectivity index (χ2n) is 15.0. The highest BCUT2D eigenvalue weighted by Crippen LogP contribution is 2.43. The summed E-state index contributed by atoms with van der Waals surface area (Å²) >= 11 is 0. The number of aromatic amines is 2. The molecule has 1 fully saturated rings. The summed E-state index contributed by atoms with van der Waals surface area (Å²) in [4.78, 5) is 70.7. The van der Waals surface area contributed by atoms with Crippen molar-refractivity contribution in [1.29, 1.82) is 0 Å². The Kier molecular flexibility index (Phi) is 10.9. The first kappa shape index (κ1) is 38.9. The summed E-state index contributed by atoms with van der Waals surface area (Å²) in [7, 11) is 2.54. The molecule has 1 aliphatic carbocycles. The van der Waals surface area contributed by atoms with Crippen molar-refractivity contribution in [2.45, 2.75) is 58.5 Å². The Morgan fingerprint density at radius 3 is 2.47 bits per heavy atom. The number of H-pyrrole nitrogens is 2. The zero-order valence-electron chi connectivity index (χ0n) is 33.3. The molecule has 3 atom stereocenters. The fraction of sp³-hybridized carbons (Fsp3) is 0.318. The molecule has 59 heavy (non-hydrogen) atoms. The molecule has 0 unspecified atom stereocenters. The molecule has 2 aromatic heterocycles. The van der Waals surface area contributed by atoms with E-state index in [2.05, 4.69) is 61.5 Å². The van der Waals surface area contributed by atoms with Gasteiger partial charge in [-0.15, -0.1) is 0 Å². The summed E-state index contributed by atoms with van der Waals surface area (Å²) in [5.74, 6) is 1.89. The molecule has 0 saturated heterocycles. The minimum Gasteiger partial charge on any atom is -0.488 e. The third-order valence-electron chi connectivity index (χ3n) is 11.0. The van der Waals surface area contributed by atoms with Crippen LogP contribution in [0.4, 0.5) is 9.59 Å². The minimum absolute atomic E-state index is 0.0180. The summed E-state index contributed by atoms with van der Waals surface area (Å²) in [6.45, 7) is 5.34. The molecule has 2 aliphatic rings. The van der Waals surface area contributed by atoms with Crippen molar-refractivity contribution < 1.29 is 33.4 Å². The topological polar surface area (TPSA) is 184 Å². The number of amides is 4. The van der Waals surface area contributed by atoms with E-state index >= 15 is 0 Å². The molecule has 4 amide bonds. The number of nitrogens with zero attached hydrogens (tertiary/aromatic N) is 4. The van der Waals surface area contributed by atoms with Crippen LogP contribution in [0.1, 0.15) is 55.5 Å². The first-order valence-corrected chi connectivity index (χ1v) is 19.7. The molecule has 0 radical (unpaired) electrons. The van der Waals surface area contributed by atoms with Gasteiger partial charge >= 0.3 is 12.2 Å². The molecule has 8 rings (SSSR count). The van der Waals surface area contributed by atoms with Crippen LogP contribution in [0.15, 0.2) is 79.0 Å². The first-order valence-electron chi connectivity index (χ1n) is 19.7. The largest absolute Gasteiger partial charge is 0.488 e. The molecular formula is C44H46N8O7. The fourth-order valence-corrected chi connectivity index (χ4v) is 7.78. The van der Waals surface area contributed by atoms with Gasteiger partial charge in [0.1, 0.15) is 36.6 Å². The number of nitrogens with one attached hydrogen (secondary N) is 4. The van der Waals surface area contributed by atoms with Crippen LogP contribution >= 0.6 is 0 Å². The van der Waals surface area contributed by atoms with Gasteiger partial charge in [-0.1, -0.05) is 62.4 Å². The first-order chi connectivity index (χ1) is 28.6. The zero-order valence-corrected chi connectivity index (χ0v) is 33.3. The van der Waals surface area contributed by atoms with Crippen LogP contribution in [0, 0.1) is 5.92 Å². The van der Waals surface area contributed by atoms with Gasteiger partial charge in [-0.25, -0.2) is 19.6 Å². The van der Waals surface area contributed by atoms with Gasteiger partial charge in [0.05, 0.1) is 50.2 Å². The van der Waals surface area contributed by atoms with E-state index in [0.29, 0.717) is 36.3 Å². The number of ether oxygens (including phenoxy) is 3. The number of imidazole rings is 2. The Bertz CT molecular complexity index is 2550. The molecule has 6 aromatic rings. The van der Waals surface area contributed by atoms with E-state index in [1.54, 1.807) is 11.1 Å². The average Bonchev–Trinajstić information content (AvgIpc) is 3.58. The van der Waals surface area contributed by atoms with E-state index in [1.165, 1.54) is 14.2 Å². The van der Waals surface area contributed by atoms with Gasteiger partial charge < -0.3 is 44.6 Å². The normalized spacial score (nSPS) is 15.7. The van der Waals surface area contributed by atoms with Crippen LogP contribution in [0.5, 0.6) is 5.75 Å². The maximum absolute atomic E-state index is 14.2. The van der Waals surface area contributed by atoms with E-state index in [4.69, 9.17) is 14.5 Å². The number of hydrogen-bond donors (Lipinski definition) is 4. The summed E-state index contributed by atoms with van der Waals surface area (Å²) in [6, 6.07) is 22.8. The third kappa shape index (κ3) is 8.13. The number of carbonyl (C=O) groups is 4. The molecule has 15 nitrogen and oxygen atoms in total. The molecule has 1 saturated carbocycles. The average molecular weight is 799 g/mol. The van der Waals surface area contributed by atoms with Crippen molar-refractivity contribution in [3.63, 3.8) is 0 Å². The van der Waals surface area contributed by atoms with Gasteiger partial charge in [0.2, 0.25) is 5.91 Å². The van der Waals surface area contributed by atoms with Crippen LogP contribution in [0.3, 0.4) is 0 Å². The smallest absolute Gasteiger partial charge is 0.407 e. The molecule has 0 spiro atoms. The summed E-state index contributed by atoms with van der Waals surface area (Å²) in [5, 5.41) is 7.11. The fourth-order valence-electron chi connectivity index (χ4n) is 7.78. The lowest BCUT2D eigenvalue weighted by Gasteiger charge is -2.27. The van der Waals surface area contributed by atoms with Crippen LogP contribution in [-0.4, -0.2) is 87.1 Å². The minimum atomic E-state index is -0.913. The van der Waals surface area contributed by atoms with Gasteiger partial charge in [0.15, 0.2) is 0 Å². The van der Waals surface area contributed by atoms with Gasteiger partial charge in [-0.2, -0.15) is 0 Å². The van der Waals surface area contributed by atoms with Crippen LogP contribution in [-0.2, 0) is 38.8 Å². The van der Waals surface area contributed by atoms with E-state index < -0.39 is 18.2 Å². The molecule has 304 valence electrons. The van der Waals surface area contributed by atoms with Crippen molar-refractivity contribution in [1.82, 2.24) is 40.4 Å². The maximum atomic E-state index is 14.2. The van der Waals surface area contributed by atoms with Gasteiger partial charge in [0, 0.05) is 23.5 Å². The van der Waals surface area contributed by atoms with Crippen LogP contribution < -0.4 is 15.4 Å². The van der Waals surface area contributed by atoms with Gasteiger partial charge in [-0.05, 0) is 70.7 Å². The Hall–Kier alpha value is -6.90. The summed E-state index contributed by atoms with van der Waals surface area (Å²) in [5.41, 5.74) is 7.11. The summed E-state index contributed by atoms with van der Waals surface area (Å²) in [6.07, 6.45) is 2.04. The number of hydrogen-bond acceptors (Lipinski definition) is 9. The molecule has 3 heterocycles. The molecule has 15 heteroatoms. The van der Waals surface area contributed by atoms with Crippen molar-refractivity contribution in [2.75, 3.05) is 27.3 Å². The van der Waals surface area contributed by atoms with Crippen LogP contribution in [0.25, 0.3) is 44.2 Å².